The third-order valence-corrected chi connectivity index (χ3v) is 2.65. The van der Waals surface area contributed by atoms with Crippen molar-refractivity contribution in [3.63, 3.8) is 0 Å². The summed E-state index contributed by atoms with van der Waals surface area (Å²) in [6.07, 6.45) is 2.76. The van der Waals surface area contributed by atoms with E-state index in [9.17, 15) is 4.39 Å². The lowest BCUT2D eigenvalue weighted by Crippen LogP contribution is -1.96. The van der Waals surface area contributed by atoms with Crippen LogP contribution in [0.25, 0.3) is 0 Å². The molecule has 0 atom stereocenters. The molecule has 1 aromatic heterocycles. The Balaban J connectivity index is 2.25. The summed E-state index contributed by atoms with van der Waals surface area (Å²) in [5.41, 5.74) is 0.776. The van der Waals surface area contributed by atoms with Gasteiger partial charge in [-0.25, -0.2) is 14.4 Å². The number of hydrogen-bond acceptors (Lipinski definition) is 4. The number of nitrogens with zero attached hydrogens (tertiary/aromatic N) is 3. The molecule has 6 heteroatoms. The van der Waals surface area contributed by atoms with Crippen LogP contribution in [0.2, 0.25) is 0 Å². The Hall–Kier alpha value is -2.00. The Labute approximate surface area is 105 Å². The number of aromatic nitrogens is 2. The van der Waals surface area contributed by atoms with Crippen molar-refractivity contribution in [1.82, 2.24) is 9.97 Å². The first-order chi connectivity index (χ1) is 8.19. The van der Waals surface area contributed by atoms with Crippen LogP contribution in [-0.4, -0.2) is 9.97 Å². The molecule has 1 N–H and O–H groups in total. The molecule has 0 fully saturated rings. The summed E-state index contributed by atoms with van der Waals surface area (Å²) >= 11 is 3.29. The van der Waals surface area contributed by atoms with Crippen molar-refractivity contribution in [3.8, 4) is 6.07 Å². The minimum atomic E-state index is -0.350. The Bertz CT molecular complexity index is 577. The topological polar surface area (TPSA) is 61.6 Å². The molecule has 4 nitrogen and oxygen atoms in total. The van der Waals surface area contributed by atoms with Gasteiger partial charge >= 0.3 is 0 Å². The van der Waals surface area contributed by atoms with Gasteiger partial charge in [0.2, 0.25) is 0 Å². The fraction of sp³-hybridized carbons (Fsp3) is 0. The molecule has 2 aromatic rings. The van der Waals surface area contributed by atoms with Crippen LogP contribution in [0, 0.1) is 17.1 Å². The van der Waals surface area contributed by atoms with Crippen LogP contribution in [-0.2, 0) is 0 Å². The molecule has 0 radical (unpaired) electrons. The molecule has 2 rings (SSSR count). The maximum atomic E-state index is 13.0. The van der Waals surface area contributed by atoms with Crippen molar-refractivity contribution in [1.29, 1.82) is 5.26 Å². The monoisotopic (exact) mass is 292 g/mol. The summed E-state index contributed by atoms with van der Waals surface area (Å²) in [7, 11) is 0. The van der Waals surface area contributed by atoms with Gasteiger partial charge in [0.15, 0.2) is 5.69 Å². The predicted molar refractivity (Wildman–Crippen MR) is 64.1 cm³/mol. The van der Waals surface area contributed by atoms with Gasteiger partial charge in [-0.1, -0.05) is 0 Å². The molecule has 84 valence electrons. The van der Waals surface area contributed by atoms with Gasteiger partial charge in [-0.3, -0.25) is 0 Å². The number of halogens is 2. The van der Waals surface area contributed by atoms with Crippen LogP contribution < -0.4 is 5.32 Å². The van der Waals surface area contributed by atoms with Crippen molar-refractivity contribution in [2.45, 2.75) is 0 Å². The van der Waals surface area contributed by atoms with Crippen LogP contribution in [0.5, 0.6) is 0 Å². The molecule has 1 aromatic carbocycles. The highest BCUT2D eigenvalue weighted by Gasteiger charge is 2.03. The smallest absolute Gasteiger partial charge is 0.158 e. The first-order valence-corrected chi connectivity index (χ1v) is 5.42. The van der Waals surface area contributed by atoms with E-state index < -0.39 is 0 Å². The Kier molecular flexibility index (Phi) is 3.30. The van der Waals surface area contributed by atoms with Crippen molar-refractivity contribution in [2.24, 2.45) is 0 Å². The lowest BCUT2D eigenvalue weighted by molar-refractivity contribution is 0.628. The largest absolute Gasteiger partial charge is 0.338 e. The first-order valence-electron chi connectivity index (χ1n) is 4.63. The zero-order valence-electron chi connectivity index (χ0n) is 8.48. The lowest BCUT2D eigenvalue weighted by atomic mass is 10.3. The molecule has 0 aliphatic heterocycles. The van der Waals surface area contributed by atoms with E-state index in [0.29, 0.717) is 16.0 Å². The van der Waals surface area contributed by atoms with Crippen molar-refractivity contribution in [3.05, 3.63) is 46.6 Å². The van der Waals surface area contributed by atoms with Crippen LogP contribution in [0.1, 0.15) is 5.69 Å². The summed E-state index contributed by atoms with van der Waals surface area (Å²) in [6, 6.07) is 6.14. The van der Waals surface area contributed by atoms with Crippen molar-refractivity contribution >= 4 is 27.4 Å². The Morgan fingerprint density at radius 1 is 1.29 bits per heavy atom. The molecule has 0 amide bonds. The number of anilines is 2. The average Bonchev–Trinajstić information content (AvgIpc) is 2.35. The van der Waals surface area contributed by atoms with Gasteiger partial charge in [-0.05, 0) is 34.1 Å². The van der Waals surface area contributed by atoms with Crippen LogP contribution in [0.15, 0.2) is 35.1 Å². The van der Waals surface area contributed by atoms with Crippen molar-refractivity contribution < 1.29 is 4.39 Å². The quantitative estimate of drug-likeness (QED) is 0.924. The highest BCUT2D eigenvalue weighted by molar-refractivity contribution is 9.10. The highest BCUT2D eigenvalue weighted by atomic mass is 79.9. The van der Waals surface area contributed by atoms with Crippen LogP contribution in [0.4, 0.5) is 15.9 Å². The highest BCUT2D eigenvalue weighted by Crippen LogP contribution is 2.25. The first kappa shape index (κ1) is 11.5. The van der Waals surface area contributed by atoms with Gasteiger partial charge in [-0.15, -0.1) is 0 Å². The second-order valence-electron chi connectivity index (χ2n) is 3.15. The standard InChI is InChI=1S/C11H6BrFN4/c12-9-2-1-7(13)3-10(9)17-11-6-15-8(4-14)5-16-11/h1-3,5-6H,(H,16,17). The van der Waals surface area contributed by atoms with E-state index in [1.54, 1.807) is 6.07 Å². The van der Waals surface area contributed by atoms with Gasteiger partial charge in [0.05, 0.1) is 18.1 Å². The van der Waals surface area contributed by atoms with Crippen LogP contribution in [0.3, 0.4) is 0 Å². The van der Waals surface area contributed by atoms with Gasteiger partial charge in [0.25, 0.3) is 0 Å². The molecule has 0 saturated carbocycles. The summed E-state index contributed by atoms with van der Waals surface area (Å²) < 4.78 is 13.7. The van der Waals surface area contributed by atoms with Crippen LogP contribution >= 0.6 is 15.9 Å². The van der Waals surface area contributed by atoms with E-state index in [1.165, 1.54) is 24.5 Å². The molecule has 0 aliphatic carbocycles. The Morgan fingerprint density at radius 3 is 2.76 bits per heavy atom. The van der Waals surface area contributed by atoms with Gasteiger partial charge in [0, 0.05) is 4.47 Å². The number of nitrogens with one attached hydrogen (secondary N) is 1. The predicted octanol–water partition coefficient (Wildman–Crippen LogP) is 2.99. The van der Waals surface area contributed by atoms with E-state index >= 15 is 0 Å². The fourth-order valence-electron chi connectivity index (χ4n) is 1.18. The molecular weight excluding hydrogens is 287 g/mol. The summed E-state index contributed by atoms with van der Waals surface area (Å²) in [4.78, 5) is 7.83. The second kappa shape index (κ2) is 4.89. The maximum Gasteiger partial charge on any atom is 0.158 e. The summed E-state index contributed by atoms with van der Waals surface area (Å²) in [6.45, 7) is 0. The molecule has 1 heterocycles. The summed E-state index contributed by atoms with van der Waals surface area (Å²) in [5.74, 6) is 0.0904. The molecule has 0 spiro atoms. The lowest BCUT2D eigenvalue weighted by Gasteiger charge is -2.07. The average molecular weight is 293 g/mol. The minimum Gasteiger partial charge on any atom is -0.338 e. The van der Waals surface area contributed by atoms with E-state index in [4.69, 9.17) is 5.26 Å². The summed E-state index contributed by atoms with van der Waals surface area (Å²) in [5, 5.41) is 11.5. The fourth-order valence-corrected chi connectivity index (χ4v) is 1.53. The maximum absolute atomic E-state index is 13.0. The molecule has 17 heavy (non-hydrogen) atoms. The molecular formula is C11H6BrFN4. The van der Waals surface area contributed by atoms with Gasteiger partial charge in [-0.2, -0.15) is 5.26 Å². The minimum absolute atomic E-state index is 0.230. The SMILES string of the molecule is N#Cc1cnc(Nc2cc(F)ccc2Br)cn1. The Morgan fingerprint density at radius 2 is 2.12 bits per heavy atom. The van der Waals surface area contributed by atoms with E-state index in [-0.39, 0.29) is 11.5 Å². The second-order valence-corrected chi connectivity index (χ2v) is 4.00. The number of hydrogen-bond donors (Lipinski definition) is 1. The van der Waals surface area contributed by atoms with Gasteiger partial charge < -0.3 is 5.32 Å². The molecule has 0 saturated heterocycles. The van der Waals surface area contributed by atoms with E-state index in [1.807, 2.05) is 6.07 Å². The zero-order chi connectivity index (χ0) is 12.3. The third kappa shape index (κ3) is 2.77. The van der Waals surface area contributed by atoms with Gasteiger partial charge in [0.1, 0.15) is 17.7 Å². The molecule has 0 aliphatic rings. The normalized spacial score (nSPS) is 9.71. The third-order valence-electron chi connectivity index (χ3n) is 1.96. The zero-order valence-corrected chi connectivity index (χ0v) is 10.1. The number of rotatable bonds is 2. The molecule has 0 bridgehead atoms. The van der Waals surface area contributed by atoms with E-state index in [0.717, 1.165) is 0 Å². The number of nitriles is 1. The molecule has 0 unspecified atom stereocenters. The number of benzene rings is 1. The van der Waals surface area contributed by atoms with Crippen molar-refractivity contribution in [2.75, 3.05) is 5.32 Å². The van der Waals surface area contributed by atoms with E-state index in [2.05, 4.69) is 31.2 Å².